The molecule has 0 atom stereocenters. The van der Waals surface area contributed by atoms with Crippen LogP contribution in [0.3, 0.4) is 0 Å². The molecular formula is C10H7N5O2. The lowest BCUT2D eigenvalue weighted by Crippen LogP contribution is -2.04. The van der Waals surface area contributed by atoms with Gasteiger partial charge in [-0.1, -0.05) is 0 Å². The molecule has 0 aliphatic heterocycles. The van der Waals surface area contributed by atoms with E-state index in [1.807, 2.05) is 0 Å². The van der Waals surface area contributed by atoms with Crippen molar-refractivity contribution in [2.45, 2.75) is 0 Å². The van der Waals surface area contributed by atoms with Crippen molar-refractivity contribution in [1.29, 1.82) is 5.26 Å². The van der Waals surface area contributed by atoms with Crippen LogP contribution in [0.25, 0.3) is 5.69 Å². The number of carboxylic acid groups (broad SMARTS) is 1. The van der Waals surface area contributed by atoms with Crippen LogP contribution in [-0.2, 0) is 0 Å². The molecule has 2 rings (SSSR count). The number of nitrogens with zero attached hydrogens (tertiary/aromatic N) is 4. The molecule has 1 heterocycles. The Labute approximate surface area is 95.7 Å². The first-order valence-electron chi connectivity index (χ1n) is 4.57. The first-order chi connectivity index (χ1) is 8.11. The highest BCUT2D eigenvalue weighted by molar-refractivity contribution is 5.89. The van der Waals surface area contributed by atoms with Crippen LogP contribution in [0.1, 0.15) is 16.2 Å². The minimum absolute atomic E-state index is 0.00914. The van der Waals surface area contributed by atoms with E-state index in [-0.39, 0.29) is 11.4 Å². The van der Waals surface area contributed by atoms with E-state index in [0.717, 1.165) is 0 Å². The van der Waals surface area contributed by atoms with Gasteiger partial charge >= 0.3 is 5.97 Å². The van der Waals surface area contributed by atoms with Crippen molar-refractivity contribution in [2.24, 2.45) is 0 Å². The Morgan fingerprint density at radius 1 is 1.53 bits per heavy atom. The van der Waals surface area contributed by atoms with E-state index in [1.165, 1.54) is 29.2 Å². The predicted octanol–water partition coefficient (Wildman–Crippen LogP) is 0.419. The molecule has 0 saturated carbocycles. The van der Waals surface area contributed by atoms with Gasteiger partial charge in [0.15, 0.2) is 0 Å². The van der Waals surface area contributed by atoms with Crippen LogP contribution in [0.15, 0.2) is 24.5 Å². The smallest absolute Gasteiger partial charge is 0.335 e. The zero-order chi connectivity index (χ0) is 12.4. The van der Waals surface area contributed by atoms with Crippen molar-refractivity contribution in [3.05, 3.63) is 35.9 Å². The molecule has 7 nitrogen and oxygen atoms in total. The van der Waals surface area contributed by atoms with Crippen molar-refractivity contribution in [1.82, 2.24) is 14.8 Å². The highest BCUT2D eigenvalue weighted by atomic mass is 16.4. The summed E-state index contributed by atoms with van der Waals surface area (Å²) in [5, 5.41) is 21.3. The SMILES string of the molecule is N#Cc1ncn(-c2cc(C(=O)O)ccc2N)n1. The zero-order valence-corrected chi connectivity index (χ0v) is 8.53. The Kier molecular flexibility index (Phi) is 2.46. The number of nitrogens with two attached hydrogens (primary N) is 1. The van der Waals surface area contributed by atoms with Crippen LogP contribution in [0.5, 0.6) is 0 Å². The number of aromatic carboxylic acids is 1. The number of nitriles is 1. The summed E-state index contributed by atoms with van der Waals surface area (Å²) in [5.74, 6) is -1.07. The fourth-order valence-electron chi connectivity index (χ4n) is 1.31. The normalized spacial score (nSPS) is 9.82. The molecule has 3 N–H and O–H groups in total. The summed E-state index contributed by atoms with van der Waals surface area (Å²) in [4.78, 5) is 14.5. The minimum Gasteiger partial charge on any atom is -0.478 e. The van der Waals surface area contributed by atoms with E-state index in [0.29, 0.717) is 11.4 Å². The predicted molar refractivity (Wildman–Crippen MR) is 57.4 cm³/mol. The standard InChI is InChI=1S/C10H7N5O2/c11-4-9-13-5-15(14-9)8-3-6(10(16)17)1-2-7(8)12/h1-3,5H,12H2,(H,16,17). The molecule has 0 aliphatic carbocycles. The molecule has 0 aliphatic rings. The van der Waals surface area contributed by atoms with Crippen LogP contribution < -0.4 is 5.73 Å². The Bertz CT molecular complexity index is 626. The Morgan fingerprint density at radius 2 is 2.29 bits per heavy atom. The lowest BCUT2D eigenvalue weighted by atomic mass is 10.2. The van der Waals surface area contributed by atoms with Crippen molar-refractivity contribution in [2.75, 3.05) is 5.73 Å². The Balaban J connectivity index is 2.54. The van der Waals surface area contributed by atoms with Gasteiger partial charge in [-0.25, -0.2) is 14.5 Å². The van der Waals surface area contributed by atoms with Crippen molar-refractivity contribution >= 4 is 11.7 Å². The molecule has 7 heteroatoms. The fraction of sp³-hybridized carbons (Fsp3) is 0. The number of hydrogen-bond acceptors (Lipinski definition) is 5. The maximum Gasteiger partial charge on any atom is 0.335 e. The summed E-state index contributed by atoms with van der Waals surface area (Å²) in [6, 6.07) is 6.00. The second-order valence-electron chi connectivity index (χ2n) is 3.20. The van der Waals surface area contributed by atoms with Gasteiger partial charge in [0.05, 0.1) is 16.9 Å². The summed E-state index contributed by atoms with van der Waals surface area (Å²) < 4.78 is 1.26. The highest BCUT2D eigenvalue weighted by Gasteiger charge is 2.09. The van der Waals surface area contributed by atoms with Gasteiger partial charge in [-0.05, 0) is 18.2 Å². The molecule has 0 spiro atoms. The van der Waals surface area contributed by atoms with Crippen molar-refractivity contribution in [3.8, 4) is 11.8 Å². The van der Waals surface area contributed by atoms with Crippen LogP contribution in [0.4, 0.5) is 5.69 Å². The second kappa shape index (κ2) is 3.94. The average molecular weight is 229 g/mol. The molecule has 0 fully saturated rings. The van der Waals surface area contributed by atoms with Gasteiger partial charge in [0, 0.05) is 0 Å². The van der Waals surface area contributed by atoms with Crippen LogP contribution in [0, 0.1) is 11.3 Å². The van der Waals surface area contributed by atoms with E-state index in [2.05, 4.69) is 10.1 Å². The Hall–Kier alpha value is -2.88. The first kappa shape index (κ1) is 10.6. The molecule has 0 radical (unpaired) electrons. The third kappa shape index (κ3) is 1.91. The van der Waals surface area contributed by atoms with E-state index >= 15 is 0 Å². The van der Waals surface area contributed by atoms with Gasteiger partial charge in [0.25, 0.3) is 5.82 Å². The number of carbonyl (C=O) groups is 1. The number of anilines is 1. The second-order valence-corrected chi connectivity index (χ2v) is 3.20. The molecule has 1 aromatic heterocycles. The number of aromatic nitrogens is 3. The summed E-state index contributed by atoms with van der Waals surface area (Å²) in [7, 11) is 0. The number of nitrogen functional groups attached to an aromatic ring is 1. The van der Waals surface area contributed by atoms with E-state index < -0.39 is 5.97 Å². The maximum absolute atomic E-state index is 10.8. The number of carboxylic acids is 1. The lowest BCUT2D eigenvalue weighted by molar-refractivity contribution is 0.0697. The lowest BCUT2D eigenvalue weighted by Gasteiger charge is -2.05. The van der Waals surface area contributed by atoms with Gasteiger partial charge in [-0.3, -0.25) is 0 Å². The molecule has 1 aromatic carbocycles. The fourth-order valence-corrected chi connectivity index (χ4v) is 1.31. The maximum atomic E-state index is 10.8. The summed E-state index contributed by atoms with van der Waals surface area (Å²) in [6.45, 7) is 0. The quantitative estimate of drug-likeness (QED) is 0.720. The summed E-state index contributed by atoms with van der Waals surface area (Å²) >= 11 is 0. The zero-order valence-electron chi connectivity index (χ0n) is 8.53. The van der Waals surface area contributed by atoms with E-state index in [1.54, 1.807) is 6.07 Å². The highest BCUT2D eigenvalue weighted by Crippen LogP contribution is 2.18. The van der Waals surface area contributed by atoms with Gasteiger partial charge in [-0.15, -0.1) is 5.10 Å². The van der Waals surface area contributed by atoms with Crippen molar-refractivity contribution in [3.63, 3.8) is 0 Å². The van der Waals surface area contributed by atoms with E-state index in [4.69, 9.17) is 16.1 Å². The van der Waals surface area contributed by atoms with E-state index in [9.17, 15) is 4.79 Å². The van der Waals surface area contributed by atoms with Crippen LogP contribution >= 0.6 is 0 Å². The van der Waals surface area contributed by atoms with Crippen molar-refractivity contribution < 1.29 is 9.90 Å². The van der Waals surface area contributed by atoms with Crippen LogP contribution in [-0.4, -0.2) is 25.8 Å². The minimum atomic E-state index is -1.06. The number of hydrogen-bond donors (Lipinski definition) is 2. The average Bonchev–Trinajstić information content (AvgIpc) is 2.77. The monoisotopic (exact) mass is 229 g/mol. The third-order valence-corrected chi connectivity index (χ3v) is 2.12. The van der Waals surface area contributed by atoms with Gasteiger partial charge in [0.1, 0.15) is 12.4 Å². The third-order valence-electron chi connectivity index (χ3n) is 2.12. The molecule has 0 saturated heterocycles. The molecule has 0 unspecified atom stereocenters. The van der Waals surface area contributed by atoms with Gasteiger partial charge < -0.3 is 10.8 Å². The molecular weight excluding hydrogens is 222 g/mol. The summed E-state index contributed by atoms with van der Waals surface area (Å²) in [5.41, 5.74) is 6.52. The first-order valence-corrected chi connectivity index (χ1v) is 4.57. The molecule has 17 heavy (non-hydrogen) atoms. The topological polar surface area (TPSA) is 118 Å². The molecule has 0 bridgehead atoms. The van der Waals surface area contributed by atoms with Crippen LogP contribution in [0.2, 0.25) is 0 Å². The van der Waals surface area contributed by atoms with Gasteiger partial charge in [-0.2, -0.15) is 5.26 Å². The Morgan fingerprint density at radius 3 is 2.88 bits per heavy atom. The van der Waals surface area contributed by atoms with Gasteiger partial charge in [0.2, 0.25) is 0 Å². The molecule has 0 amide bonds. The number of rotatable bonds is 2. The largest absolute Gasteiger partial charge is 0.478 e. The summed E-state index contributed by atoms with van der Waals surface area (Å²) in [6.07, 6.45) is 1.30. The number of benzene rings is 1. The molecule has 2 aromatic rings. The molecule has 84 valence electrons.